The van der Waals surface area contributed by atoms with Crippen molar-refractivity contribution in [2.45, 2.75) is 204 Å². The van der Waals surface area contributed by atoms with Crippen LogP contribution in [-0.4, -0.2) is 170 Å². The van der Waals surface area contributed by atoms with Crippen LogP contribution >= 0.6 is 0 Å². The number of hydrogen-bond acceptors (Lipinski definition) is 22. The summed E-state index contributed by atoms with van der Waals surface area (Å²) in [6, 6.07) is 44.4. The minimum absolute atomic E-state index is 0.00237. The van der Waals surface area contributed by atoms with E-state index in [2.05, 4.69) is 37.2 Å². The third kappa shape index (κ3) is 24.2. The van der Waals surface area contributed by atoms with Crippen LogP contribution in [0.2, 0.25) is 0 Å². The highest BCUT2D eigenvalue weighted by molar-refractivity contribution is 5.95. The molecular weight excluding hydrogens is 1410 g/mol. The molecule has 10 rings (SSSR count). The lowest BCUT2D eigenvalue weighted by Crippen LogP contribution is -2.69. The van der Waals surface area contributed by atoms with Crippen molar-refractivity contribution < 1.29 is 105 Å². The van der Waals surface area contributed by atoms with Crippen LogP contribution in [0.5, 0.6) is 0 Å². The maximum atomic E-state index is 14.9. The quantitative estimate of drug-likeness (QED) is 0.0181. The molecule has 0 unspecified atom stereocenters. The van der Waals surface area contributed by atoms with E-state index in [1.807, 2.05) is 60.7 Å². The van der Waals surface area contributed by atoms with Crippen LogP contribution in [0.1, 0.15) is 106 Å². The van der Waals surface area contributed by atoms with Gasteiger partial charge >= 0.3 is 24.0 Å². The second kappa shape index (κ2) is 40.6. The Morgan fingerprint density at radius 3 is 1.49 bits per heavy atom. The first-order valence-corrected chi connectivity index (χ1v) is 36.3. The smallest absolute Gasteiger partial charge is 0.408 e. The average molecular weight is 1500 g/mol. The van der Waals surface area contributed by atoms with Gasteiger partial charge in [0.05, 0.1) is 19.8 Å². The lowest BCUT2D eigenvalue weighted by atomic mass is 9.94. The Hall–Kier alpha value is -10.5. The van der Waals surface area contributed by atoms with Crippen LogP contribution in [0.3, 0.4) is 0 Å². The molecule has 4 aliphatic heterocycles. The van der Waals surface area contributed by atoms with Gasteiger partial charge < -0.3 is 94.1 Å². The van der Waals surface area contributed by atoms with Crippen molar-refractivity contribution in [2.24, 2.45) is 0 Å². The van der Waals surface area contributed by atoms with Gasteiger partial charge in [-0.1, -0.05) is 182 Å². The van der Waals surface area contributed by atoms with E-state index in [1.165, 1.54) is 34.6 Å². The molecule has 29 nitrogen and oxygen atoms in total. The van der Waals surface area contributed by atoms with E-state index < -0.39 is 176 Å². The highest BCUT2D eigenvalue weighted by Gasteiger charge is 2.58. The molecule has 109 heavy (non-hydrogen) atoms. The standard InChI is InChI=1S/C80H93N7O22/c1-48(81-72(92)50(3)105-70-66(84-52(5)89)78-103-47-63(106-78)68(70)109-79-65(83-51(4)88)69(99-42-54-27-14-7-15-28-54)67-62(107-79)46-102-77(108-67)58-35-22-11-23-36-58)71(91)85-60(39-40-64(90)98-41-53-25-12-6-13-26-53)74(94)86-59(73(93)82-49(2)75(95)100-43-55-29-16-8-17-30-55)37-24-38-61(76(96)101-44-56-31-18-9-19-32-56)87-80(97)104-45-57-33-20-10-21-34-57/h6-23,25-36,48-50,59-63,65-70,77-79H,24,37-47H2,1-5H3,(H,81,92)(H,82,93)(H,83,88)(H,84,89)(H,85,91)(H,86,94)(H,87,97)/t48-,49+,50+,59-,60+,61+,62+,63+,65+,66+,67+,68+,69+,70+,77+,78+,79-/m0/s1. The molecule has 0 aromatic heterocycles. The monoisotopic (exact) mass is 1500 g/mol. The summed E-state index contributed by atoms with van der Waals surface area (Å²) < 4.78 is 74.3. The number of ether oxygens (including phenoxy) is 12. The molecule has 17 atom stereocenters. The molecule has 29 heteroatoms. The Bertz CT molecular complexity index is 3970. The Labute approximate surface area is 631 Å². The summed E-state index contributed by atoms with van der Waals surface area (Å²) >= 11 is 0. The topological polar surface area (TPSA) is 366 Å². The number of hydrogen-bond donors (Lipinski definition) is 7. The van der Waals surface area contributed by atoms with E-state index in [9.17, 15) is 47.9 Å². The number of carbonyl (C=O) groups excluding carboxylic acids is 10. The number of esters is 3. The Kier molecular flexibility index (Phi) is 30.2. The summed E-state index contributed by atoms with van der Waals surface area (Å²) in [5.41, 5.74) is 4.22. The third-order valence-corrected chi connectivity index (χ3v) is 18.4. The van der Waals surface area contributed by atoms with Gasteiger partial charge in [-0.3, -0.25) is 33.6 Å². The van der Waals surface area contributed by atoms with Crippen LogP contribution in [0.15, 0.2) is 182 Å². The molecule has 0 spiro atoms. The summed E-state index contributed by atoms with van der Waals surface area (Å²) in [5, 5.41) is 18.9. The predicted octanol–water partition coefficient (Wildman–Crippen LogP) is 5.79. The van der Waals surface area contributed by atoms with Gasteiger partial charge in [0, 0.05) is 25.8 Å². The van der Waals surface area contributed by atoms with Crippen molar-refractivity contribution >= 4 is 59.4 Å². The van der Waals surface area contributed by atoms with E-state index in [0.717, 1.165) is 11.1 Å². The largest absolute Gasteiger partial charge is 0.461 e. The van der Waals surface area contributed by atoms with E-state index in [-0.39, 0.29) is 65.5 Å². The molecule has 6 aromatic rings. The average Bonchev–Trinajstić information content (AvgIpc) is 1.50. The van der Waals surface area contributed by atoms with Crippen molar-refractivity contribution in [1.29, 1.82) is 0 Å². The molecule has 580 valence electrons. The molecule has 0 saturated carbocycles. The van der Waals surface area contributed by atoms with Gasteiger partial charge in [0.1, 0.15) is 111 Å². The van der Waals surface area contributed by atoms with E-state index in [0.29, 0.717) is 22.3 Å². The van der Waals surface area contributed by atoms with Crippen LogP contribution in [-0.2, 0) is 133 Å². The molecule has 0 radical (unpaired) electrons. The number of benzene rings is 6. The van der Waals surface area contributed by atoms with Crippen LogP contribution in [0, 0.1) is 0 Å². The molecule has 7 N–H and O–H groups in total. The number of carbonyl (C=O) groups is 10. The normalized spacial score (nSPS) is 22.8. The number of rotatable bonds is 36. The molecule has 4 fully saturated rings. The summed E-state index contributed by atoms with van der Waals surface area (Å²) in [4.78, 5) is 139. The van der Waals surface area contributed by atoms with Crippen LogP contribution in [0.4, 0.5) is 4.79 Å². The maximum Gasteiger partial charge on any atom is 0.408 e. The SMILES string of the molecule is CC(=O)N[C@H]1[C@H](O[C@H]2[C@H](O[C@H](C)C(=O)N[C@@H](C)C(=O)N[C@H](CCC(=O)OCc3ccccc3)C(=O)N[C@@H](CCC[C@@H](NC(=O)OCc3ccccc3)C(=O)OCc3ccccc3)C(=O)N[C@H](C)C(=O)OCc3ccccc3)[C@@H](NC(C)=O)[C@@H]3OC[C@H]2O3)O[C@@H]2CO[C@@H](c3ccccc3)O[C@H]2[C@@H]1OCc1ccccc1. The molecule has 7 amide bonds. The molecule has 4 saturated heterocycles. The minimum atomic E-state index is -1.64. The second-order valence-corrected chi connectivity index (χ2v) is 26.8. The van der Waals surface area contributed by atoms with Gasteiger partial charge in [-0.25, -0.2) is 14.4 Å². The number of fused-ring (bicyclic) bond motifs is 3. The zero-order chi connectivity index (χ0) is 77.2. The summed E-state index contributed by atoms with van der Waals surface area (Å²) in [6.45, 7) is 6.18. The predicted molar refractivity (Wildman–Crippen MR) is 387 cm³/mol. The number of amides is 7. The zero-order valence-electron chi connectivity index (χ0n) is 61.1. The Morgan fingerprint density at radius 2 is 0.908 bits per heavy atom. The lowest BCUT2D eigenvalue weighted by molar-refractivity contribution is -0.363. The fourth-order valence-electron chi connectivity index (χ4n) is 12.7. The molecular formula is C80H93N7O22. The van der Waals surface area contributed by atoms with Crippen molar-refractivity contribution in [3.05, 3.63) is 215 Å². The maximum absolute atomic E-state index is 14.9. The summed E-state index contributed by atoms with van der Waals surface area (Å²) in [7, 11) is 0. The van der Waals surface area contributed by atoms with Gasteiger partial charge in [-0.15, -0.1) is 0 Å². The third-order valence-electron chi connectivity index (χ3n) is 18.4. The molecule has 0 aliphatic carbocycles. The van der Waals surface area contributed by atoms with Crippen LogP contribution in [0.25, 0.3) is 0 Å². The van der Waals surface area contributed by atoms with Gasteiger partial charge in [0.2, 0.25) is 35.4 Å². The molecule has 4 aliphatic rings. The lowest BCUT2D eigenvalue weighted by Gasteiger charge is -2.51. The number of nitrogens with one attached hydrogen (secondary N) is 7. The van der Waals surface area contributed by atoms with E-state index >= 15 is 0 Å². The van der Waals surface area contributed by atoms with Gasteiger partial charge in [0.15, 0.2) is 18.9 Å². The molecule has 6 aromatic carbocycles. The van der Waals surface area contributed by atoms with Crippen molar-refractivity contribution in [3.8, 4) is 0 Å². The van der Waals surface area contributed by atoms with Crippen molar-refractivity contribution in [2.75, 3.05) is 13.2 Å². The fourth-order valence-corrected chi connectivity index (χ4v) is 12.7. The minimum Gasteiger partial charge on any atom is -0.461 e. The van der Waals surface area contributed by atoms with Gasteiger partial charge in [-0.2, -0.15) is 0 Å². The molecule has 4 heterocycles. The van der Waals surface area contributed by atoms with E-state index in [1.54, 1.807) is 121 Å². The van der Waals surface area contributed by atoms with Crippen LogP contribution < -0.4 is 37.2 Å². The van der Waals surface area contributed by atoms with Gasteiger partial charge in [0.25, 0.3) is 0 Å². The fraction of sp³-hybridized carbons (Fsp3) is 0.425. The Balaban J connectivity index is 0.857. The van der Waals surface area contributed by atoms with Crippen molar-refractivity contribution in [3.63, 3.8) is 0 Å². The summed E-state index contributed by atoms with van der Waals surface area (Å²) in [6.07, 6.45) is -13.1. The van der Waals surface area contributed by atoms with Gasteiger partial charge in [-0.05, 0) is 74.3 Å². The second-order valence-electron chi connectivity index (χ2n) is 26.8. The highest BCUT2D eigenvalue weighted by atomic mass is 16.8. The molecule has 2 bridgehead atoms. The van der Waals surface area contributed by atoms with Crippen molar-refractivity contribution in [1.82, 2.24) is 37.2 Å². The first-order valence-electron chi connectivity index (χ1n) is 36.3. The first-order chi connectivity index (χ1) is 52.7. The number of alkyl carbamates (subject to hydrolysis) is 1. The highest BCUT2D eigenvalue weighted by Crippen LogP contribution is 2.40. The van der Waals surface area contributed by atoms with E-state index in [4.69, 9.17) is 56.8 Å². The Morgan fingerprint density at radius 1 is 0.431 bits per heavy atom. The summed E-state index contributed by atoms with van der Waals surface area (Å²) in [5.74, 6) is -7.12. The zero-order valence-corrected chi connectivity index (χ0v) is 61.1. The first kappa shape index (κ1) is 81.0.